The van der Waals surface area contributed by atoms with E-state index in [2.05, 4.69) is 5.32 Å². The second-order valence-electron chi connectivity index (χ2n) is 7.60. The van der Waals surface area contributed by atoms with Crippen LogP contribution in [0.4, 0.5) is 20.6 Å². The van der Waals surface area contributed by atoms with E-state index in [-0.39, 0.29) is 25.4 Å². The molecule has 3 aromatic rings. The third-order valence-electron chi connectivity index (χ3n) is 5.29. The van der Waals surface area contributed by atoms with E-state index in [1.54, 1.807) is 30.3 Å². The van der Waals surface area contributed by atoms with Crippen molar-refractivity contribution >= 4 is 23.4 Å². The Morgan fingerprint density at radius 2 is 1.82 bits per heavy atom. The minimum atomic E-state index is -0.923. The number of nitrogens with one attached hydrogen (secondary N) is 1. The molecule has 8 heteroatoms. The van der Waals surface area contributed by atoms with Crippen LogP contribution in [0.25, 0.3) is 0 Å². The Hall–Kier alpha value is -3.91. The van der Waals surface area contributed by atoms with Crippen molar-refractivity contribution in [1.82, 2.24) is 0 Å². The van der Waals surface area contributed by atoms with Gasteiger partial charge < -0.3 is 20.5 Å². The highest BCUT2D eigenvalue weighted by Gasteiger charge is 2.32. The van der Waals surface area contributed by atoms with E-state index in [1.165, 1.54) is 17.0 Å². The molecule has 1 aliphatic heterocycles. The van der Waals surface area contributed by atoms with Gasteiger partial charge in [0.2, 0.25) is 0 Å². The molecule has 3 aromatic carbocycles. The minimum Gasteiger partial charge on any atom is -0.459 e. The summed E-state index contributed by atoms with van der Waals surface area (Å²) in [7, 11) is 0. The lowest BCUT2D eigenvalue weighted by Gasteiger charge is -2.21. The lowest BCUT2D eigenvalue weighted by molar-refractivity contribution is -0.146. The van der Waals surface area contributed by atoms with Crippen LogP contribution in [0.3, 0.4) is 0 Å². The summed E-state index contributed by atoms with van der Waals surface area (Å²) in [5, 5.41) is 2.94. The molecule has 1 heterocycles. The number of anilines is 2. The summed E-state index contributed by atoms with van der Waals surface area (Å²) >= 11 is 0. The van der Waals surface area contributed by atoms with Gasteiger partial charge in [0.15, 0.2) is 6.04 Å². The molecule has 0 aromatic heterocycles. The van der Waals surface area contributed by atoms with E-state index in [9.17, 15) is 14.0 Å². The monoisotopic (exact) mass is 449 g/mol. The number of nitrogens with two attached hydrogens (primary N) is 1. The third-order valence-corrected chi connectivity index (χ3v) is 5.29. The molecule has 1 fully saturated rings. The van der Waals surface area contributed by atoms with Crippen molar-refractivity contribution in [2.75, 3.05) is 23.3 Å². The lowest BCUT2D eigenvalue weighted by atomic mass is 10.1. The molecule has 1 unspecified atom stereocenters. The second kappa shape index (κ2) is 10.1. The molecule has 170 valence electrons. The van der Waals surface area contributed by atoms with Crippen molar-refractivity contribution in [3.63, 3.8) is 0 Å². The lowest BCUT2D eigenvalue weighted by Crippen LogP contribution is -2.27. The first-order valence-corrected chi connectivity index (χ1v) is 10.5. The van der Waals surface area contributed by atoms with Crippen LogP contribution in [0.15, 0.2) is 78.9 Å². The van der Waals surface area contributed by atoms with E-state index in [4.69, 9.17) is 15.2 Å². The van der Waals surface area contributed by atoms with Gasteiger partial charge in [0.1, 0.15) is 18.5 Å². The van der Waals surface area contributed by atoms with Crippen LogP contribution in [-0.2, 0) is 20.9 Å². The number of cyclic esters (lactones) is 1. The average molecular weight is 449 g/mol. The van der Waals surface area contributed by atoms with Gasteiger partial charge >= 0.3 is 12.1 Å². The van der Waals surface area contributed by atoms with E-state index < -0.39 is 30.0 Å². The fourth-order valence-corrected chi connectivity index (χ4v) is 3.54. The van der Waals surface area contributed by atoms with Gasteiger partial charge in [-0.3, -0.25) is 4.90 Å². The Labute approximate surface area is 190 Å². The number of nitrogens with zero attached hydrogens (tertiary/aromatic N) is 1. The van der Waals surface area contributed by atoms with E-state index in [0.29, 0.717) is 11.3 Å². The number of benzene rings is 3. The van der Waals surface area contributed by atoms with Crippen LogP contribution in [0, 0.1) is 5.82 Å². The predicted molar refractivity (Wildman–Crippen MR) is 122 cm³/mol. The number of rotatable bonds is 8. The fourth-order valence-electron chi connectivity index (χ4n) is 3.54. The van der Waals surface area contributed by atoms with Crippen molar-refractivity contribution in [2.24, 2.45) is 5.73 Å². The summed E-state index contributed by atoms with van der Waals surface area (Å²) in [5.41, 5.74) is 7.49. The summed E-state index contributed by atoms with van der Waals surface area (Å²) < 4.78 is 25.6. The highest BCUT2D eigenvalue weighted by atomic mass is 19.1. The topological polar surface area (TPSA) is 93.9 Å². The Bertz CT molecular complexity index is 1110. The second-order valence-corrected chi connectivity index (χ2v) is 7.60. The summed E-state index contributed by atoms with van der Waals surface area (Å²) in [4.78, 5) is 26.3. The number of halogens is 1. The van der Waals surface area contributed by atoms with Gasteiger partial charge in [-0.1, -0.05) is 60.7 Å². The first-order chi connectivity index (χ1) is 16.0. The molecular weight excluding hydrogens is 425 g/mol. The molecule has 7 nitrogen and oxygen atoms in total. The number of carbonyl (C=O) groups excluding carboxylic acids is 2. The van der Waals surface area contributed by atoms with Crippen molar-refractivity contribution < 1.29 is 23.5 Å². The molecule has 2 atom stereocenters. The van der Waals surface area contributed by atoms with Crippen molar-refractivity contribution in [1.29, 1.82) is 0 Å². The zero-order valence-electron chi connectivity index (χ0n) is 17.8. The summed E-state index contributed by atoms with van der Waals surface area (Å²) in [6, 6.07) is 21.6. The van der Waals surface area contributed by atoms with Crippen LogP contribution in [0.2, 0.25) is 0 Å². The molecule has 33 heavy (non-hydrogen) atoms. The van der Waals surface area contributed by atoms with Crippen LogP contribution < -0.4 is 16.0 Å². The third kappa shape index (κ3) is 5.30. The molecule has 1 aliphatic rings. The van der Waals surface area contributed by atoms with Gasteiger partial charge in [-0.2, -0.15) is 0 Å². The van der Waals surface area contributed by atoms with Gasteiger partial charge in [-0.15, -0.1) is 0 Å². The molecule has 3 N–H and O–H groups in total. The summed E-state index contributed by atoms with van der Waals surface area (Å²) in [6.45, 7) is 0.541. The molecule has 0 aliphatic carbocycles. The van der Waals surface area contributed by atoms with Crippen LogP contribution >= 0.6 is 0 Å². The zero-order valence-corrected chi connectivity index (χ0v) is 17.8. The van der Waals surface area contributed by atoms with Crippen LogP contribution in [-0.4, -0.2) is 31.3 Å². The number of ether oxygens (including phenoxy) is 2. The van der Waals surface area contributed by atoms with Gasteiger partial charge in [-0.25, -0.2) is 14.0 Å². The van der Waals surface area contributed by atoms with Gasteiger partial charge in [0.05, 0.1) is 17.9 Å². The molecule has 0 bridgehead atoms. The molecule has 0 saturated carbocycles. The van der Waals surface area contributed by atoms with Gasteiger partial charge in [-0.05, 0) is 29.3 Å². The highest BCUT2D eigenvalue weighted by molar-refractivity contribution is 5.90. The standard InChI is InChI=1S/C25H24FN3O4/c26-21-13-19(29-15-20(14-27)33-25(29)31)11-12-22(21)28-23(18-9-5-2-6-10-18)24(30)32-16-17-7-3-1-4-8-17/h1-13,20,23,28H,14-16,27H2/t20-,23?/m0/s1. The quantitative estimate of drug-likeness (QED) is 0.505. The molecular formula is C25H24FN3O4. The first kappa shape index (κ1) is 22.3. The summed E-state index contributed by atoms with van der Waals surface area (Å²) in [5.74, 6) is -1.16. The van der Waals surface area contributed by atoms with Crippen molar-refractivity contribution in [3.05, 3.63) is 95.8 Å². The molecule has 4 rings (SSSR count). The number of hydrogen-bond donors (Lipinski definition) is 2. The maximum absolute atomic E-state index is 15.0. The van der Waals surface area contributed by atoms with Crippen molar-refractivity contribution in [2.45, 2.75) is 18.8 Å². The fraction of sp³-hybridized carbons (Fsp3) is 0.200. The SMILES string of the molecule is NC[C@H]1CN(c2ccc(NC(C(=O)OCc3ccccc3)c3ccccc3)c(F)c2)C(=O)O1. The molecule has 1 saturated heterocycles. The Morgan fingerprint density at radius 1 is 1.12 bits per heavy atom. The zero-order chi connectivity index (χ0) is 23.2. The minimum absolute atomic E-state index is 0.103. The van der Waals surface area contributed by atoms with E-state index in [1.807, 2.05) is 36.4 Å². The number of carbonyl (C=O) groups is 2. The highest BCUT2D eigenvalue weighted by Crippen LogP contribution is 2.29. The van der Waals surface area contributed by atoms with E-state index >= 15 is 0 Å². The molecule has 1 amide bonds. The smallest absolute Gasteiger partial charge is 0.414 e. The Balaban J connectivity index is 1.52. The van der Waals surface area contributed by atoms with Gasteiger partial charge in [0.25, 0.3) is 0 Å². The van der Waals surface area contributed by atoms with Gasteiger partial charge in [0, 0.05) is 6.54 Å². The van der Waals surface area contributed by atoms with Crippen LogP contribution in [0.5, 0.6) is 0 Å². The molecule has 0 radical (unpaired) electrons. The maximum Gasteiger partial charge on any atom is 0.414 e. The van der Waals surface area contributed by atoms with E-state index in [0.717, 1.165) is 5.56 Å². The molecule has 0 spiro atoms. The Morgan fingerprint density at radius 3 is 2.45 bits per heavy atom. The maximum atomic E-state index is 15.0. The Kier molecular flexibility index (Phi) is 6.85. The van der Waals surface area contributed by atoms with Crippen LogP contribution in [0.1, 0.15) is 17.2 Å². The number of esters is 1. The number of hydrogen-bond acceptors (Lipinski definition) is 6. The average Bonchev–Trinajstić information content (AvgIpc) is 3.23. The summed E-state index contributed by atoms with van der Waals surface area (Å²) in [6.07, 6.45) is -1.00. The predicted octanol–water partition coefficient (Wildman–Crippen LogP) is 4.01. The normalized spacial score (nSPS) is 16.2. The van der Waals surface area contributed by atoms with Crippen molar-refractivity contribution in [3.8, 4) is 0 Å². The first-order valence-electron chi connectivity index (χ1n) is 10.5. The number of amides is 1. The largest absolute Gasteiger partial charge is 0.459 e.